The smallest absolute Gasteiger partial charge is 0.313 e. The normalized spacial score (nSPS) is 20.3. The Kier molecular flexibility index (Phi) is 6.59. The van der Waals surface area contributed by atoms with E-state index < -0.39 is 11.8 Å². The Labute approximate surface area is 137 Å². The van der Waals surface area contributed by atoms with Crippen molar-refractivity contribution in [3.05, 3.63) is 29.8 Å². The third-order valence-corrected chi connectivity index (χ3v) is 4.38. The molecule has 2 amide bonds. The lowest BCUT2D eigenvalue weighted by Gasteiger charge is -2.14. The van der Waals surface area contributed by atoms with Crippen molar-refractivity contribution < 1.29 is 14.7 Å². The fourth-order valence-corrected chi connectivity index (χ4v) is 2.88. The molecule has 23 heavy (non-hydrogen) atoms. The summed E-state index contributed by atoms with van der Waals surface area (Å²) in [5, 5.41) is 14.9. The van der Waals surface area contributed by atoms with Crippen molar-refractivity contribution in [3.63, 3.8) is 0 Å². The number of aliphatic hydroxyl groups excluding tert-OH is 1. The first kappa shape index (κ1) is 17.5. The van der Waals surface area contributed by atoms with Crippen LogP contribution < -0.4 is 10.6 Å². The minimum absolute atomic E-state index is 0.0598. The molecule has 0 spiro atoms. The minimum Gasteiger partial charge on any atom is -0.393 e. The first-order chi connectivity index (χ1) is 11.1. The van der Waals surface area contributed by atoms with E-state index in [9.17, 15) is 14.7 Å². The highest BCUT2D eigenvalue weighted by Crippen LogP contribution is 2.24. The van der Waals surface area contributed by atoms with Crippen LogP contribution in [0.2, 0.25) is 0 Å². The van der Waals surface area contributed by atoms with Crippen molar-refractivity contribution in [1.82, 2.24) is 5.32 Å². The van der Waals surface area contributed by atoms with Crippen molar-refractivity contribution in [1.29, 1.82) is 0 Å². The number of hydrogen-bond donors (Lipinski definition) is 3. The Morgan fingerprint density at radius 2 is 1.91 bits per heavy atom. The molecule has 5 nitrogen and oxygen atoms in total. The first-order valence-electron chi connectivity index (χ1n) is 8.46. The Morgan fingerprint density at radius 3 is 2.52 bits per heavy atom. The average Bonchev–Trinajstić information content (AvgIpc) is 2.97. The summed E-state index contributed by atoms with van der Waals surface area (Å²) in [4.78, 5) is 23.7. The zero-order valence-electron chi connectivity index (χ0n) is 13.7. The number of anilines is 1. The lowest BCUT2D eigenvalue weighted by Crippen LogP contribution is -2.39. The van der Waals surface area contributed by atoms with E-state index >= 15 is 0 Å². The summed E-state index contributed by atoms with van der Waals surface area (Å²) in [6.45, 7) is 2.50. The second-order valence-corrected chi connectivity index (χ2v) is 6.22. The number of hydrogen-bond acceptors (Lipinski definition) is 3. The highest BCUT2D eigenvalue weighted by Gasteiger charge is 2.26. The van der Waals surface area contributed by atoms with Gasteiger partial charge in [0, 0.05) is 18.2 Å². The monoisotopic (exact) mass is 318 g/mol. The quantitative estimate of drug-likeness (QED) is 0.704. The van der Waals surface area contributed by atoms with Gasteiger partial charge in [-0.05, 0) is 43.4 Å². The molecule has 2 rings (SSSR count). The van der Waals surface area contributed by atoms with Gasteiger partial charge in [-0.25, -0.2) is 0 Å². The van der Waals surface area contributed by atoms with Crippen molar-refractivity contribution in [3.8, 4) is 0 Å². The molecule has 1 aliphatic rings. The largest absolute Gasteiger partial charge is 0.393 e. The first-order valence-corrected chi connectivity index (χ1v) is 8.46. The topological polar surface area (TPSA) is 78.4 Å². The van der Waals surface area contributed by atoms with E-state index in [-0.39, 0.29) is 12.0 Å². The molecule has 1 aromatic carbocycles. The van der Waals surface area contributed by atoms with Crippen LogP contribution in [0.1, 0.15) is 44.6 Å². The molecule has 1 aromatic rings. The standard InChI is InChI=1S/C18H26N2O3/c1-2-3-5-13-8-10-15(11-9-13)20-18(23)17(22)19-12-14-6-4-7-16(14)21/h8-11,14,16,21H,2-7,12H2,1H3,(H,19,22)(H,20,23). The highest BCUT2D eigenvalue weighted by atomic mass is 16.3. The number of amides is 2. The lowest BCUT2D eigenvalue weighted by molar-refractivity contribution is -0.136. The molecule has 5 heteroatoms. The van der Waals surface area contributed by atoms with Gasteiger partial charge in [0.25, 0.3) is 0 Å². The minimum atomic E-state index is -0.668. The van der Waals surface area contributed by atoms with Gasteiger partial charge in [0.1, 0.15) is 0 Å². The second kappa shape index (κ2) is 8.67. The van der Waals surface area contributed by atoms with E-state index in [1.807, 2.05) is 24.3 Å². The molecule has 0 bridgehead atoms. The summed E-state index contributed by atoms with van der Waals surface area (Å²) in [7, 11) is 0. The molecule has 126 valence electrons. The number of aliphatic hydroxyl groups is 1. The maximum absolute atomic E-state index is 11.9. The van der Waals surface area contributed by atoms with Crippen LogP contribution in [0.15, 0.2) is 24.3 Å². The van der Waals surface area contributed by atoms with E-state index in [4.69, 9.17) is 0 Å². The lowest BCUT2D eigenvalue weighted by atomic mass is 10.1. The van der Waals surface area contributed by atoms with Crippen molar-refractivity contribution >= 4 is 17.5 Å². The number of carbonyl (C=O) groups is 2. The molecule has 0 aromatic heterocycles. The van der Waals surface area contributed by atoms with Crippen LogP contribution in [-0.4, -0.2) is 29.6 Å². The van der Waals surface area contributed by atoms with E-state index in [1.165, 1.54) is 5.56 Å². The van der Waals surface area contributed by atoms with Gasteiger partial charge < -0.3 is 15.7 Å². The molecular weight excluding hydrogens is 292 g/mol. The summed E-state index contributed by atoms with van der Waals surface area (Å²) in [5.41, 5.74) is 1.84. The number of nitrogens with one attached hydrogen (secondary N) is 2. The third-order valence-electron chi connectivity index (χ3n) is 4.38. The number of rotatable bonds is 6. The number of benzene rings is 1. The summed E-state index contributed by atoms with van der Waals surface area (Å²) in [5.74, 6) is -1.26. The number of aryl methyl sites for hydroxylation is 1. The van der Waals surface area contributed by atoms with Gasteiger partial charge in [0.2, 0.25) is 0 Å². The Balaban J connectivity index is 1.77. The van der Waals surface area contributed by atoms with Gasteiger partial charge in [-0.1, -0.05) is 31.9 Å². The van der Waals surface area contributed by atoms with Crippen LogP contribution in [0.4, 0.5) is 5.69 Å². The average molecular weight is 318 g/mol. The maximum atomic E-state index is 11.9. The summed E-state index contributed by atoms with van der Waals surface area (Å²) in [6.07, 6.45) is 5.58. The summed E-state index contributed by atoms with van der Waals surface area (Å²) < 4.78 is 0. The van der Waals surface area contributed by atoms with Crippen LogP contribution in [0.25, 0.3) is 0 Å². The van der Waals surface area contributed by atoms with E-state index in [0.717, 1.165) is 38.5 Å². The van der Waals surface area contributed by atoms with E-state index in [0.29, 0.717) is 12.2 Å². The molecule has 0 radical (unpaired) electrons. The molecule has 2 unspecified atom stereocenters. The van der Waals surface area contributed by atoms with Crippen molar-refractivity contribution in [2.75, 3.05) is 11.9 Å². The molecule has 3 N–H and O–H groups in total. The summed E-state index contributed by atoms with van der Waals surface area (Å²) in [6, 6.07) is 7.57. The molecule has 1 fully saturated rings. The predicted molar refractivity (Wildman–Crippen MR) is 90.0 cm³/mol. The van der Waals surface area contributed by atoms with Gasteiger partial charge in [-0.15, -0.1) is 0 Å². The van der Waals surface area contributed by atoms with Crippen molar-refractivity contribution in [2.24, 2.45) is 5.92 Å². The maximum Gasteiger partial charge on any atom is 0.313 e. The van der Waals surface area contributed by atoms with E-state index in [2.05, 4.69) is 17.6 Å². The zero-order chi connectivity index (χ0) is 16.7. The van der Waals surface area contributed by atoms with Crippen LogP contribution >= 0.6 is 0 Å². The SMILES string of the molecule is CCCCc1ccc(NC(=O)C(=O)NCC2CCCC2O)cc1. The van der Waals surface area contributed by atoms with Gasteiger partial charge in [-0.3, -0.25) is 9.59 Å². The van der Waals surface area contributed by atoms with Gasteiger partial charge in [0.15, 0.2) is 0 Å². The van der Waals surface area contributed by atoms with Gasteiger partial charge in [0.05, 0.1) is 6.10 Å². The molecule has 2 atom stereocenters. The van der Waals surface area contributed by atoms with Crippen molar-refractivity contribution in [2.45, 2.75) is 51.6 Å². The highest BCUT2D eigenvalue weighted by molar-refractivity contribution is 6.39. The Bertz CT molecular complexity index is 528. The van der Waals surface area contributed by atoms with Crippen LogP contribution in [0.3, 0.4) is 0 Å². The fraction of sp³-hybridized carbons (Fsp3) is 0.556. The summed E-state index contributed by atoms with van der Waals surface area (Å²) >= 11 is 0. The van der Waals surface area contributed by atoms with Crippen LogP contribution in [-0.2, 0) is 16.0 Å². The van der Waals surface area contributed by atoms with Gasteiger partial charge in [-0.2, -0.15) is 0 Å². The predicted octanol–water partition coefficient (Wildman–Crippen LogP) is 2.24. The molecule has 0 heterocycles. The van der Waals surface area contributed by atoms with Crippen LogP contribution in [0.5, 0.6) is 0 Å². The van der Waals surface area contributed by atoms with Gasteiger partial charge >= 0.3 is 11.8 Å². The zero-order valence-corrected chi connectivity index (χ0v) is 13.7. The molecule has 1 aliphatic carbocycles. The molecule has 1 saturated carbocycles. The van der Waals surface area contributed by atoms with E-state index in [1.54, 1.807) is 0 Å². The number of carbonyl (C=O) groups excluding carboxylic acids is 2. The molecular formula is C18H26N2O3. The Morgan fingerprint density at radius 1 is 1.17 bits per heavy atom. The van der Waals surface area contributed by atoms with Crippen LogP contribution in [0, 0.1) is 5.92 Å². The third kappa shape index (κ3) is 5.36. The number of unbranched alkanes of at least 4 members (excludes halogenated alkanes) is 1. The Hall–Kier alpha value is -1.88. The fourth-order valence-electron chi connectivity index (χ4n) is 2.88. The molecule has 0 aliphatic heterocycles. The molecule has 0 saturated heterocycles. The second-order valence-electron chi connectivity index (χ2n) is 6.22.